The number of methoxy groups -OCH3 is 2. The number of likely N-dealkylation sites (tertiary alicyclic amines) is 1. The molecule has 1 aromatic rings. The lowest BCUT2D eigenvalue weighted by molar-refractivity contribution is -0.120. The Morgan fingerprint density at radius 2 is 2.14 bits per heavy atom. The van der Waals surface area contributed by atoms with E-state index >= 15 is 0 Å². The molecular formula is C14H17ClN2O4. The van der Waals surface area contributed by atoms with Crippen LogP contribution in [0.2, 0.25) is 5.02 Å². The number of rotatable bonds is 3. The molecule has 7 heteroatoms. The Bertz CT molecular complexity index is 550. The minimum atomic E-state index is -0.541. The van der Waals surface area contributed by atoms with Crippen molar-refractivity contribution in [2.24, 2.45) is 0 Å². The number of anilines is 1. The van der Waals surface area contributed by atoms with Crippen LogP contribution in [0.1, 0.15) is 12.8 Å². The zero-order chi connectivity index (χ0) is 15.4. The summed E-state index contributed by atoms with van der Waals surface area (Å²) < 4.78 is 9.87. The molecule has 1 heterocycles. The van der Waals surface area contributed by atoms with E-state index in [0.717, 1.165) is 6.42 Å². The molecular weight excluding hydrogens is 296 g/mol. The highest BCUT2D eigenvalue weighted by atomic mass is 35.5. The normalized spacial score (nSPS) is 17.5. The van der Waals surface area contributed by atoms with E-state index < -0.39 is 12.1 Å². The quantitative estimate of drug-likeness (QED) is 0.931. The van der Waals surface area contributed by atoms with Gasteiger partial charge in [-0.3, -0.25) is 9.69 Å². The van der Waals surface area contributed by atoms with Gasteiger partial charge in [0.05, 0.1) is 19.9 Å². The average Bonchev–Trinajstić information content (AvgIpc) is 2.96. The molecule has 1 unspecified atom stereocenters. The van der Waals surface area contributed by atoms with Gasteiger partial charge in [-0.15, -0.1) is 0 Å². The number of hydrogen-bond donors (Lipinski definition) is 1. The summed E-state index contributed by atoms with van der Waals surface area (Å²) in [4.78, 5) is 25.4. The fourth-order valence-electron chi connectivity index (χ4n) is 2.37. The van der Waals surface area contributed by atoms with Gasteiger partial charge in [-0.2, -0.15) is 0 Å². The van der Waals surface area contributed by atoms with E-state index in [1.807, 2.05) is 0 Å². The van der Waals surface area contributed by atoms with Crippen LogP contribution in [-0.4, -0.2) is 43.7 Å². The van der Waals surface area contributed by atoms with Crippen molar-refractivity contribution >= 4 is 29.3 Å². The van der Waals surface area contributed by atoms with E-state index in [1.54, 1.807) is 18.2 Å². The topological polar surface area (TPSA) is 67.9 Å². The highest BCUT2D eigenvalue weighted by Gasteiger charge is 2.35. The number of carbonyl (C=O) groups is 2. The smallest absolute Gasteiger partial charge is 0.410 e. The molecule has 1 atom stereocenters. The Labute approximate surface area is 128 Å². The minimum Gasteiger partial charge on any atom is -0.495 e. The molecule has 1 aliphatic rings. The first-order valence-electron chi connectivity index (χ1n) is 6.55. The number of ether oxygens (including phenoxy) is 2. The maximum Gasteiger partial charge on any atom is 0.410 e. The maximum absolute atomic E-state index is 12.4. The highest BCUT2D eigenvalue weighted by molar-refractivity contribution is 6.31. The molecule has 1 N–H and O–H groups in total. The van der Waals surface area contributed by atoms with Crippen molar-refractivity contribution in [3.63, 3.8) is 0 Å². The third-order valence-corrected chi connectivity index (χ3v) is 3.62. The maximum atomic E-state index is 12.4. The molecule has 114 valence electrons. The van der Waals surface area contributed by atoms with Crippen LogP contribution in [0.25, 0.3) is 0 Å². The second kappa shape index (κ2) is 6.67. The molecule has 0 saturated carbocycles. The van der Waals surface area contributed by atoms with Crippen molar-refractivity contribution in [1.29, 1.82) is 0 Å². The van der Waals surface area contributed by atoms with Crippen LogP contribution >= 0.6 is 11.6 Å². The van der Waals surface area contributed by atoms with Gasteiger partial charge in [-0.05, 0) is 31.0 Å². The first-order valence-corrected chi connectivity index (χ1v) is 6.93. The molecule has 0 aromatic heterocycles. The molecule has 21 heavy (non-hydrogen) atoms. The van der Waals surface area contributed by atoms with E-state index in [0.29, 0.717) is 29.4 Å². The van der Waals surface area contributed by atoms with E-state index in [-0.39, 0.29) is 5.91 Å². The van der Waals surface area contributed by atoms with Crippen molar-refractivity contribution in [2.75, 3.05) is 26.1 Å². The number of nitrogens with zero attached hydrogens (tertiary/aromatic N) is 1. The molecule has 1 saturated heterocycles. The summed E-state index contributed by atoms with van der Waals surface area (Å²) in [6, 6.07) is 4.41. The van der Waals surface area contributed by atoms with Gasteiger partial charge < -0.3 is 14.8 Å². The molecule has 1 aliphatic heterocycles. The lowest BCUT2D eigenvalue weighted by atomic mass is 10.2. The molecule has 0 aliphatic carbocycles. The fraction of sp³-hybridized carbons (Fsp3) is 0.429. The second-order valence-corrected chi connectivity index (χ2v) is 5.09. The third-order valence-electron chi connectivity index (χ3n) is 3.38. The SMILES string of the molecule is COC(=O)N1CCCC1C(=O)Nc1cc(Cl)ccc1OC. The molecule has 0 bridgehead atoms. The Hall–Kier alpha value is -1.95. The summed E-state index contributed by atoms with van der Waals surface area (Å²) in [6.45, 7) is 0.511. The lowest BCUT2D eigenvalue weighted by Crippen LogP contribution is -2.43. The van der Waals surface area contributed by atoms with E-state index in [9.17, 15) is 9.59 Å². The van der Waals surface area contributed by atoms with Crippen LogP contribution in [0.5, 0.6) is 5.75 Å². The predicted octanol–water partition coefficient (Wildman–Crippen LogP) is 2.52. The van der Waals surface area contributed by atoms with Crippen LogP contribution < -0.4 is 10.1 Å². The standard InChI is InChI=1S/C14H17ClN2O4/c1-20-12-6-5-9(15)8-10(12)16-13(18)11-4-3-7-17(11)14(19)21-2/h5-6,8,11H,3-4,7H2,1-2H3,(H,16,18). The molecule has 1 aromatic carbocycles. The van der Waals surface area contributed by atoms with Gasteiger partial charge in [0, 0.05) is 11.6 Å². The largest absolute Gasteiger partial charge is 0.495 e. The van der Waals surface area contributed by atoms with Crippen LogP contribution in [0.3, 0.4) is 0 Å². The monoisotopic (exact) mass is 312 g/mol. The molecule has 2 rings (SSSR count). The molecule has 0 spiro atoms. The fourth-order valence-corrected chi connectivity index (χ4v) is 2.54. The predicted molar refractivity (Wildman–Crippen MR) is 78.8 cm³/mol. The number of carbonyl (C=O) groups excluding carboxylic acids is 2. The Morgan fingerprint density at radius 3 is 2.81 bits per heavy atom. The zero-order valence-electron chi connectivity index (χ0n) is 11.9. The summed E-state index contributed by atoms with van der Waals surface area (Å²) >= 11 is 5.93. The van der Waals surface area contributed by atoms with Gasteiger partial charge >= 0.3 is 6.09 Å². The molecule has 6 nitrogen and oxygen atoms in total. The summed E-state index contributed by atoms with van der Waals surface area (Å²) in [5.74, 6) is 0.230. The van der Waals surface area contributed by atoms with Crippen LogP contribution in [0.4, 0.5) is 10.5 Å². The van der Waals surface area contributed by atoms with Crippen molar-refractivity contribution < 1.29 is 19.1 Å². The van der Waals surface area contributed by atoms with E-state index in [1.165, 1.54) is 19.1 Å². The minimum absolute atomic E-state index is 0.279. The third kappa shape index (κ3) is 3.39. The van der Waals surface area contributed by atoms with E-state index in [4.69, 9.17) is 16.3 Å². The van der Waals surface area contributed by atoms with Gasteiger partial charge in [0.2, 0.25) is 5.91 Å². The summed E-state index contributed by atoms with van der Waals surface area (Å²) in [7, 11) is 2.81. The van der Waals surface area contributed by atoms with Crippen LogP contribution in [0.15, 0.2) is 18.2 Å². The number of benzene rings is 1. The molecule has 0 radical (unpaired) electrons. The summed E-state index contributed by atoms with van der Waals surface area (Å²) in [5, 5.41) is 3.24. The Morgan fingerprint density at radius 1 is 1.38 bits per heavy atom. The van der Waals surface area contributed by atoms with Crippen molar-refractivity contribution in [3.8, 4) is 5.75 Å². The van der Waals surface area contributed by atoms with Crippen LogP contribution in [0, 0.1) is 0 Å². The number of nitrogens with one attached hydrogen (secondary N) is 1. The zero-order valence-corrected chi connectivity index (χ0v) is 12.6. The summed E-state index contributed by atoms with van der Waals surface area (Å²) in [5.41, 5.74) is 0.478. The number of amides is 2. The summed E-state index contributed by atoms with van der Waals surface area (Å²) in [6.07, 6.45) is 0.870. The number of halogens is 1. The lowest BCUT2D eigenvalue weighted by Gasteiger charge is -2.22. The van der Waals surface area contributed by atoms with Crippen molar-refractivity contribution in [2.45, 2.75) is 18.9 Å². The van der Waals surface area contributed by atoms with Gasteiger partial charge in [0.1, 0.15) is 11.8 Å². The molecule has 1 fully saturated rings. The van der Waals surface area contributed by atoms with Gasteiger partial charge in [0.15, 0.2) is 0 Å². The first kappa shape index (κ1) is 15.4. The average molecular weight is 313 g/mol. The second-order valence-electron chi connectivity index (χ2n) is 4.66. The number of hydrogen-bond acceptors (Lipinski definition) is 4. The van der Waals surface area contributed by atoms with Gasteiger partial charge in [-0.1, -0.05) is 11.6 Å². The Balaban J connectivity index is 2.14. The highest BCUT2D eigenvalue weighted by Crippen LogP contribution is 2.29. The molecule has 2 amide bonds. The Kier molecular flexibility index (Phi) is 4.90. The van der Waals surface area contributed by atoms with Crippen LogP contribution in [-0.2, 0) is 9.53 Å². The van der Waals surface area contributed by atoms with Gasteiger partial charge in [0.25, 0.3) is 0 Å². The van der Waals surface area contributed by atoms with Crippen molar-refractivity contribution in [1.82, 2.24) is 4.90 Å². The van der Waals surface area contributed by atoms with Gasteiger partial charge in [-0.25, -0.2) is 4.79 Å². The first-order chi connectivity index (χ1) is 10.1. The van der Waals surface area contributed by atoms with Crippen molar-refractivity contribution in [3.05, 3.63) is 23.2 Å². The van der Waals surface area contributed by atoms with E-state index in [2.05, 4.69) is 10.1 Å².